The molecule has 0 spiro atoms. The summed E-state index contributed by atoms with van der Waals surface area (Å²) in [6, 6.07) is 14.1. The molecule has 0 radical (unpaired) electrons. The third-order valence-corrected chi connectivity index (χ3v) is 5.50. The Kier molecular flexibility index (Phi) is 5.35. The van der Waals surface area contributed by atoms with Gasteiger partial charge in [-0.25, -0.2) is 18.7 Å². The van der Waals surface area contributed by atoms with E-state index in [-0.39, 0.29) is 27.3 Å². The zero-order valence-corrected chi connectivity index (χ0v) is 18.4. The second kappa shape index (κ2) is 8.34. The van der Waals surface area contributed by atoms with Gasteiger partial charge in [-0.1, -0.05) is 35.3 Å². The number of nitrogens with zero attached hydrogens (tertiary/aromatic N) is 6. The Morgan fingerprint density at radius 1 is 0.939 bits per heavy atom. The first kappa shape index (κ1) is 21.2. The van der Waals surface area contributed by atoms with Crippen molar-refractivity contribution in [2.75, 3.05) is 0 Å². The number of imidazole rings is 1. The number of hydrogen-bond acceptors (Lipinski definition) is 5. The van der Waals surface area contributed by atoms with Crippen LogP contribution >= 0.6 is 23.2 Å². The van der Waals surface area contributed by atoms with Crippen LogP contribution in [0.1, 0.15) is 5.69 Å². The minimum Gasteiger partial charge on any atom is -0.287 e. The summed E-state index contributed by atoms with van der Waals surface area (Å²) in [7, 11) is 0. The Bertz CT molecular complexity index is 1480. The number of benzene rings is 2. The summed E-state index contributed by atoms with van der Waals surface area (Å²) in [6.45, 7) is 1.83. The molecule has 164 valence electrons. The maximum absolute atomic E-state index is 15.3. The number of rotatable bonds is 4. The van der Waals surface area contributed by atoms with Crippen molar-refractivity contribution >= 4 is 23.2 Å². The summed E-state index contributed by atoms with van der Waals surface area (Å²) in [4.78, 5) is 9.26. The van der Waals surface area contributed by atoms with Crippen molar-refractivity contribution in [3.8, 4) is 40.0 Å². The molecule has 5 rings (SSSR count). The molecule has 7 nitrogen and oxygen atoms in total. The van der Waals surface area contributed by atoms with E-state index in [2.05, 4.69) is 25.6 Å². The highest BCUT2D eigenvalue weighted by atomic mass is 35.5. The van der Waals surface area contributed by atoms with Crippen LogP contribution in [0.2, 0.25) is 10.0 Å². The van der Waals surface area contributed by atoms with Crippen molar-refractivity contribution in [3.63, 3.8) is 0 Å². The molecule has 5 aromatic rings. The molecule has 0 unspecified atom stereocenters. The van der Waals surface area contributed by atoms with Gasteiger partial charge in [-0.3, -0.25) is 4.57 Å². The Morgan fingerprint density at radius 2 is 1.76 bits per heavy atom. The molecule has 11 heteroatoms. The number of hydrogen-bond donors (Lipinski definition) is 1. The van der Waals surface area contributed by atoms with E-state index >= 15 is 4.39 Å². The van der Waals surface area contributed by atoms with Crippen LogP contribution in [0.15, 0.2) is 54.6 Å². The average Bonchev–Trinajstić information content (AvgIpc) is 3.46. The van der Waals surface area contributed by atoms with Crippen LogP contribution in [0, 0.1) is 18.6 Å². The lowest BCUT2D eigenvalue weighted by molar-refractivity contribution is 0.619. The molecule has 0 aliphatic heterocycles. The van der Waals surface area contributed by atoms with Gasteiger partial charge in [-0.2, -0.15) is 5.21 Å². The molecule has 0 aliphatic carbocycles. The highest BCUT2D eigenvalue weighted by Crippen LogP contribution is 2.39. The SMILES string of the molecule is Cc1cccc(-c2nc(-c3nn[nH]n3)c(-c3ccc(F)c(Cl)c3)n2-c2cccc(Cl)c2F)n1. The van der Waals surface area contributed by atoms with E-state index < -0.39 is 11.6 Å². The quantitative estimate of drug-likeness (QED) is 0.355. The van der Waals surface area contributed by atoms with Gasteiger partial charge in [0.25, 0.3) is 0 Å². The Hall–Kier alpha value is -3.69. The highest BCUT2D eigenvalue weighted by Gasteiger charge is 2.27. The van der Waals surface area contributed by atoms with Crippen LogP contribution in [0.4, 0.5) is 8.78 Å². The fourth-order valence-electron chi connectivity index (χ4n) is 3.49. The second-order valence-electron chi connectivity index (χ2n) is 7.07. The monoisotopic (exact) mass is 483 g/mol. The predicted molar refractivity (Wildman–Crippen MR) is 120 cm³/mol. The van der Waals surface area contributed by atoms with E-state index in [1.165, 1.54) is 28.8 Å². The maximum Gasteiger partial charge on any atom is 0.225 e. The molecule has 1 N–H and O–H groups in total. The fourth-order valence-corrected chi connectivity index (χ4v) is 3.84. The first-order chi connectivity index (χ1) is 15.9. The lowest BCUT2D eigenvalue weighted by atomic mass is 10.1. The lowest BCUT2D eigenvalue weighted by Gasteiger charge is -2.14. The van der Waals surface area contributed by atoms with E-state index in [1.807, 2.05) is 19.1 Å². The molecular weight excluding hydrogens is 471 g/mol. The number of aryl methyl sites for hydroxylation is 1. The summed E-state index contributed by atoms with van der Waals surface area (Å²) in [6.07, 6.45) is 0. The van der Waals surface area contributed by atoms with E-state index in [0.717, 1.165) is 5.69 Å². The van der Waals surface area contributed by atoms with Crippen LogP contribution in [-0.2, 0) is 0 Å². The van der Waals surface area contributed by atoms with Crippen LogP contribution in [-0.4, -0.2) is 35.2 Å². The summed E-state index contributed by atoms with van der Waals surface area (Å²) >= 11 is 12.2. The van der Waals surface area contributed by atoms with E-state index in [4.69, 9.17) is 28.2 Å². The molecule has 0 bridgehead atoms. The van der Waals surface area contributed by atoms with Gasteiger partial charge in [-0.05, 0) is 54.6 Å². The number of tetrazole rings is 1. The number of H-pyrrole nitrogens is 1. The largest absolute Gasteiger partial charge is 0.287 e. The van der Waals surface area contributed by atoms with E-state index in [9.17, 15) is 4.39 Å². The van der Waals surface area contributed by atoms with Crippen LogP contribution in [0.25, 0.3) is 40.0 Å². The van der Waals surface area contributed by atoms with Gasteiger partial charge in [0.15, 0.2) is 11.6 Å². The number of halogens is 4. The van der Waals surface area contributed by atoms with Crippen LogP contribution in [0.5, 0.6) is 0 Å². The van der Waals surface area contributed by atoms with Crippen molar-refractivity contribution in [1.29, 1.82) is 0 Å². The minimum atomic E-state index is -0.667. The van der Waals surface area contributed by atoms with Crippen molar-refractivity contribution in [1.82, 2.24) is 35.2 Å². The van der Waals surface area contributed by atoms with Crippen LogP contribution < -0.4 is 0 Å². The third kappa shape index (κ3) is 3.75. The van der Waals surface area contributed by atoms with Crippen molar-refractivity contribution in [3.05, 3.63) is 82.0 Å². The standard InChI is InChI=1S/C22H13Cl2F2N7/c1-11-4-2-6-16(27-11)22-28-19(21-29-31-32-30-21)20(12-8-9-15(25)14(24)10-12)33(22)17-7-3-5-13(23)18(17)26/h2-10H,1H3,(H,29,30,31,32). The maximum atomic E-state index is 15.3. The molecule has 0 atom stereocenters. The minimum absolute atomic E-state index is 0.0754. The Balaban J connectivity index is 1.93. The topological polar surface area (TPSA) is 85.2 Å². The fraction of sp³-hybridized carbons (Fsp3) is 0.0455. The molecule has 0 saturated heterocycles. The first-order valence-corrected chi connectivity index (χ1v) is 10.4. The van der Waals surface area contributed by atoms with Gasteiger partial charge in [0.05, 0.1) is 21.4 Å². The number of aromatic amines is 1. The van der Waals surface area contributed by atoms with Crippen molar-refractivity contribution in [2.45, 2.75) is 6.92 Å². The summed E-state index contributed by atoms with van der Waals surface area (Å²) in [5.74, 6) is -0.808. The normalized spacial score (nSPS) is 11.2. The molecule has 0 fully saturated rings. The zero-order chi connectivity index (χ0) is 23.1. The van der Waals surface area contributed by atoms with E-state index in [1.54, 1.807) is 18.2 Å². The zero-order valence-electron chi connectivity index (χ0n) is 16.9. The number of aromatic nitrogens is 7. The van der Waals surface area contributed by atoms with Gasteiger partial charge in [0, 0.05) is 11.3 Å². The predicted octanol–water partition coefficient (Wildman–Crippen LogP) is 5.67. The van der Waals surface area contributed by atoms with Crippen molar-refractivity contribution < 1.29 is 8.78 Å². The number of pyridine rings is 1. The summed E-state index contributed by atoms with van der Waals surface area (Å²) in [5, 5.41) is 13.9. The highest BCUT2D eigenvalue weighted by molar-refractivity contribution is 6.31. The molecular formula is C22H13Cl2F2N7. The molecule has 3 heterocycles. The molecule has 0 saturated carbocycles. The smallest absolute Gasteiger partial charge is 0.225 e. The number of nitrogens with one attached hydrogen (secondary N) is 1. The third-order valence-electron chi connectivity index (χ3n) is 4.92. The van der Waals surface area contributed by atoms with Crippen molar-refractivity contribution in [2.24, 2.45) is 0 Å². The Morgan fingerprint density at radius 3 is 2.48 bits per heavy atom. The van der Waals surface area contributed by atoms with Gasteiger partial charge in [-0.15, -0.1) is 10.2 Å². The molecule has 0 amide bonds. The summed E-state index contributed by atoms with van der Waals surface area (Å²) in [5.41, 5.74) is 2.40. The van der Waals surface area contributed by atoms with Gasteiger partial charge < -0.3 is 0 Å². The van der Waals surface area contributed by atoms with Crippen LogP contribution in [0.3, 0.4) is 0 Å². The molecule has 3 aromatic heterocycles. The van der Waals surface area contributed by atoms with Gasteiger partial charge in [0.1, 0.15) is 17.2 Å². The summed E-state index contributed by atoms with van der Waals surface area (Å²) < 4.78 is 30.8. The second-order valence-corrected chi connectivity index (χ2v) is 7.88. The lowest BCUT2D eigenvalue weighted by Crippen LogP contribution is -2.04. The van der Waals surface area contributed by atoms with Gasteiger partial charge in [0.2, 0.25) is 5.82 Å². The molecule has 33 heavy (non-hydrogen) atoms. The Labute approximate surface area is 196 Å². The van der Waals surface area contributed by atoms with E-state index in [0.29, 0.717) is 22.8 Å². The molecule has 2 aromatic carbocycles. The van der Waals surface area contributed by atoms with Gasteiger partial charge >= 0.3 is 0 Å². The average molecular weight is 484 g/mol. The molecule has 0 aliphatic rings. The first-order valence-electron chi connectivity index (χ1n) is 9.64.